The molecule has 29 heavy (non-hydrogen) atoms. The van der Waals surface area contributed by atoms with Gasteiger partial charge in [-0.1, -0.05) is 47.7 Å². The van der Waals surface area contributed by atoms with Crippen molar-refractivity contribution < 1.29 is 14.3 Å². The first kappa shape index (κ1) is 19.1. The van der Waals surface area contributed by atoms with Gasteiger partial charge in [-0.05, 0) is 24.6 Å². The molecule has 1 saturated heterocycles. The fraction of sp³-hybridized carbons (Fsp3) is 0.238. The van der Waals surface area contributed by atoms with Crippen molar-refractivity contribution in [1.82, 2.24) is 10.2 Å². The summed E-state index contributed by atoms with van der Waals surface area (Å²) < 4.78 is 5.39. The number of aryl methyl sites for hydroxylation is 1. The highest BCUT2D eigenvalue weighted by atomic mass is 32.1. The second-order valence-electron chi connectivity index (χ2n) is 6.85. The minimum atomic E-state index is -0.461. The summed E-state index contributed by atoms with van der Waals surface area (Å²) in [5.74, 6) is -0.182. The van der Waals surface area contributed by atoms with E-state index in [9.17, 15) is 9.59 Å². The number of hydrogen-bond acceptors (Lipinski definition) is 6. The summed E-state index contributed by atoms with van der Waals surface area (Å²) in [6, 6.07) is 15.3. The molecule has 3 aromatic rings. The van der Waals surface area contributed by atoms with E-state index in [0.29, 0.717) is 23.1 Å². The van der Waals surface area contributed by atoms with E-state index in [1.807, 2.05) is 55.5 Å². The lowest BCUT2D eigenvalue weighted by molar-refractivity contribution is -0.122. The number of rotatable bonds is 5. The molecule has 1 atom stereocenters. The van der Waals surface area contributed by atoms with Gasteiger partial charge in [0.25, 0.3) is 0 Å². The van der Waals surface area contributed by atoms with Crippen molar-refractivity contribution in [3.05, 3.63) is 54.1 Å². The van der Waals surface area contributed by atoms with Gasteiger partial charge >= 0.3 is 0 Å². The monoisotopic (exact) mass is 408 g/mol. The van der Waals surface area contributed by atoms with Crippen LogP contribution in [0.25, 0.3) is 10.6 Å². The maximum absolute atomic E-state index is 12.7. The van der Waals surface area contributed by atoms with Gasteiger partial charge < -0.3 is 15.0 Å². The van der Waals surface area contributed by atoms with E-state index in [0.717, 1.165) is 16.1 Å². The smallest absolute Gasteiger partial charge is 0.231 e. The third-order valence-electron chi connectivity index (χ3n) is 4.80. The Morgan fingerprint density at radius 1 is 1.21 bits per heavy atom. The SMILES string of the molecule is COc1ccc(C)cc1N1CC(C(=O)Nc2nnc(-c3ccccc3)s2)CC1=O. The maximum atomic E-state index is 12.7. The summed E-state index contributed by atoms with van der Waals surface area (Å²) in [6.07, 6.45) is 0.146. The largest absolute Gasteiger partial charge is 0.495 e. The Morgan fingerprint density at radius 3 is 2.76 bits per heavy atom. The van der Waals surface area contributed by atoms with Gasteiger partial charge in [-0.2, -0.15) is 0 Å². The molecule has 1 fully saturated rings. The Hall–Kier alpha value is -3.26. The first-order valence-corrected chi connectivity index (χ1v) is 10.0. The molecule has 7 nitrogen and oxygen atoms in total. The molecule has 2 aromatic carbocycles. The zero-order valence-corrected chi connectivity index (χ0v) is 16.9. The van der Waals surface area contributed by atoms with E-state index in [4.69, 9.17) is 4.74 Å². The quantitative estimate of drug-likeness (QED) is 0.698. The van der Waals surface area contributed by atoms with E-state index in [2.05, 4.69) is 15.5 Å². The van der Waals surface area contributed by atoms with Crippen LogP contribution in [0.3, 0.4) is 0 Å². The van der Waals surface area contributed by atoms with Crippen LogP contribution in [-0.2, 0) is 9.59 Å². The molecule has 2 heterocycles. The Bertz CT molecular complexity index is 1050. The summed E-state index contributed by atoms with van der Waals surface area (Å²) in [4.78, 5) is 26.9. The topological polar surface area (TPSA) is 84.4 Å². The number of nitrogens with one attached hydrogen (secondary N) is 1. The molecule has 0 saturated carbocycles. The predicted molar refractivity (Wildman–Crippen MR) is 112 cm³/mol. The van der Waals surface area contributed by atoms with Crippen LogP contribution in [0.5, 0.6) is 5.75 Å². The van der Waals surface area contributed by atoms with Crippen LogP contribution in [-0.4, -0.2) is 35.7 Å². The number of aromatic nitrogens is 2. The highest BCUT2D eigenvalue weighted by Gasteiger charge is 2.36. The molecule has 4 rings (SSSR count). The minimum Gasteiger partial charge on any atom is -0.495 e. The number of carbonyl (C=O) groups excluding carboxylic acids is 2. The summed E-state index contributed by atoms with van der Waals surface area (Å²) in [5.41, 5.74) is 2.65. The lowest BCUT2D eigenvalue weighted by atomic mass is 10.1. The van der Waals surface area contributed by atoms with Crippen LogP contribution in [0.2, 0.25) is 0 Å². The maximum Gasteiger partial charge on any atom is 0.231 e. The van der Waals surface area contributed by atoms with Gasteiger partial charge in [-0.3, -0.25) is 9.59 Å². The standard InChI is InChI=1S/C21H20N4O3S/c1-13-8-9-17(28-2)16(10-13)25-12-15(11-18(25)26)19(27)22-21-24-23-20(29-21)14-6-4-3-5-7-14/h3-10,15H,11-12H2,1-2H3,(H,22,24,27). The molecule has 0 bridgehead atoms. The highest BCUT2D eigenvalue weighted by Crippen LogP contribution is 2.34. The van der Waals surface area contributed by atoms with Crippen molar-refractivity contribution in [2.24, 2.45) is 5.92 Å². The average molecular weight is 408 g/mol. The van der Waals surface area contributed by atoms with Crippen LogP contribution in [0.1, 0.15) is 12.0 Å². The Morgan fingerprint density at radius 2 is 2.00 bits per heavy atom. The molecule has 0 radical (unpaired) electrons. The van der Waals surface area contributed by atoms with E-state index < -0.39 is 5.92 Å². The summed E-state index contributed by atoms with van der Waals surface area (Å²) in [5, 5.41) is 12.2. The number of anilines is 2. The van der Waals surface area contributed by atoms with Gasteiger partial charge in [-0.25, -0.2) is 0 Å². The molecule has 1 aromatic heterocycles. The average Bonchev–Trinajstić information content (AvgIpc) is 3.35. The number of hydrogen-bond donors (Lipinski definition) is 1. The number of amides is 2. The molecule has 1 aliphatic heterocycles. The van der Waals surface area contributed by atoms with Gasteiger partial charge in [0.2, 0.25) is 16.9 Å². The van der Waals surface area contributed by atoms with Crippen molar-refractivity contribution in [3.63, 3.8) is 0 Å². The highest BCUT2D eigenvalue weighted by molar-refractivity contribution is 7.18. The van der Waals surface area contributed by atoms with Crippen LogP contribution >= 0.6 is 11.3 Å². The lowest BCUT2D eigenvalue weighted by Gasteiger charge is -2.20. The third-order valence-corrected chi connectivity index (χ3v) is 5.68. The van der Waals surface area contributed by atoms with Crippen molar-refractivity contribution in [2.75, 3.05) is 23.9 Å². The molecular formula is C21H20N4O3S. The first-order chi connectivity index (χ1) is 14.0. The minimum absolute atomic E-state index is 0.101. The molecule has 2 amide bonds. The molecule has 0 aliphatic carbocycles. The number of benzene rings is 2. The van der Waals surface area contributed by atoms with E-state index in [1.165, 1.54) is 11.3 Å². The summed E-state index contributed by atoms with van der Waals surface area (Å²) in [6.45, 7) is 2.25. The fourth-order valence-electron chi connectivity index (χ4n) is 3.31. The number of ether oxygens (including phenoxy) is 1. The molecule has 0 spiro atoms. The zero-order valence-electron chi connectivity index (χ0n) is 16.1. The summed E-state index contributed by atoms with van der Waals surface area (Å²) in [7, 11) is 1.57. The van der Waals surface area contributed by atoms with Gasteiger partial charge in [0.05, 0.1) is 18.7 Å². The molecule has 1 aliphatic rings. The number of carbonyl (C=O) groups is 2. The summed E-state index contributed by atoms with van der Waals surface area (Å²) >= 11 is 1.31. The number of methoxy groups -OCH3 is 1. The second kappa shape index (κ2) is 8.00. The number of nitrogens with zero attached hydrogens (tertiary/aromatic N) is 3. The van der Waals surface area contributed by atoms with Gasteiger partial charge in [0, 0.05) is 18.5 Å². The van der Waals surface area contributed by atoms with Gasteiger partial charge in [0.15, 0.2) is 0 Å². The zero-order chi connectivity index (χ0) is 20.4. The first-order valence-electron chi connectivity index (χ1n) is 9.20. The molecule has 148 valence electrons. The van der Waals surface area contributed by atoms with Crippen molar-refractivity contribution in [1.29, 1.82) is 0 Å². The third kappa shape index (κ3) is 3.97. The van der Waals surface area contributed by atoms with Gasteiger partial charge in [-0.15, -0.1) is 10.2 Å². The van der Waals surface area contributed by atoms with Crippen LogP contribution in [0.15, 0.2) is 48.5 Å². The predicted octanol–water partition coefficient (Wildman–Crippen LogP) is 3.51. The van der Waals surface area contributed by atoms with Crippen molar-refractivity contribution in [2.45, 2.75) is 13.3 Å². The normalized spacial score (nSPS) is 16.1. The molecule has 1 N–H and O–H groups in total. The van der Waals surface area contributed by atoms with E-state index in [1.54, 1.807) is 12.0 Å². The Labute approximate surface area is 172 Å². The Balaban J connectivity index is 1.46. The van der Waals surface area contributed by atoms with E-state index in [-0.39, 0.29) is 18.2 Å². The molecular weight excluding hydrogens is 388 g/mol. The van der Waals surface area contributed by atoms with Crippen molar-refractivity contribution >= 4 is 34.0 Å². The molecule has 1 unspecified atom stereocenters. The van der Waals surface area contributed by atoms with Gasteiger partial charge in [0.1, 0.15) is 10.8 Å². The molecule has 8 heteroatoms. The second-order valence-corrected chi connectivity index (χ2v) is 7.83. The lowest BCUT2D eigenvalue weighted by Crippen LogP contribution is -2.28. The van der Waals surface area contributed by atoms with E-state index >= 15 is 0 Å². The Kier molecular flexibility index (Phi) is 5.26. The van der Waals surface area contributed by atoms with Crippen LogP contribution in [0, 0.1) is 12.8 Å². The van der Waals surface area contributed by atoms with Crippen LogP contribution < -0.4 is 15.0 Å². The van der Waals surface area contributed by atoms with Crippen LogP contribution in [0.4, 0.5) is 10.8 Å². The van der Waals surface area contributed by atoms with Crippen molar-refractivity contribution in [3.8, 4) is 16.3 Å². The fourth-order valence-corrected chi connectivity index (χ4v) is 4.06.